The van der Waals surface area contributed by atoms with Crippen LogP contribution in [-0.2, 0) is 0 Å². The molecule has 0 aliphatic rings. The van der Waals surface area contributed by atoms with Gasteiger partial charge in [0.2, 0.25) is 0 Å². The van der Waals surface area contributed by atoms with Crippen molar-refractivity contribution in [2.75, 3.05) is 0 Å². The third-order valence-corrected chi connectivity index (χ3v) is 3.25. The zero-order chi connectivity index (χ0) is 12.7. The number of rotatable bonds is 7. The van der Waals surface area contributed by atoms with Crippen molar-refractivity contribution < 1.29 is 0 Å². The average Bonchev–Trinajstić information content (AvgIpc) is 2.28. The summed E-state index contributed by atoms with van der Waals surface area (Å²) in [7, 11) is 0. The Kier molecular flexibility index (Phi) is 5.99. The highest BCUT2D eigenvalue weighted by Crippen LogP contribution is 2.21. The van der Waals surface area contributed by atoms with Gasteiger partial charge >= 0.3 is 0 Å². The van der Waals surface area contributed by atoms with Gasteiger partial charge in [-0.1, -0.05) is 42.7 Å². The molecule has 0 bridgehead atoms. The summed E-state index contributed by atoms with van der Waals surface area (Å²) < 4.78 is 0. The zero-order valence-electron chi connectivity index (χ0n) is 11.2. The molecule has 2 N–H and O–H groups in total. The van der Waals surface area contributed by atoms with E-state index < -0.39 is 0 Å². The summed E-state index contributed by atoms with van der Waals surface area (Å²) in [5.41, 5.74) is 10.2. The maximum absolute atomic E-state index is 6.24. The molecule has 1 nitrogen and oxygen atoms in total. The molecule has 0 aromatic heterocycles. The Morgan fingerprint density at radius 3 is 2.65 bits per heavy atom. The molecule has 0 radical (unpaired) electrons. The van der Waals surface area contributed by atoms with Crippen LogP contribution in [0.2, 0.25) is 0 Å². The van der Waals surface area contributed by atoms with Gasteiger partial charge in [0.15, 0.2) is 0 Å². The molecule has 1 rings (SSSR count). The highest BCUT2D eigenvalue weighted by molar-refractivity contribution is 5.32. The maximum atomic E-state index is 6.24. The minimum absolute atomic E-state index is 0.194. The van der Waals surface area contributed by atoms with E-state index in [0.29, 0.717) is 0 Å². The van der Waals surface area contributed by atoms with Crippen LogP contribution in [0.25, 0.3) is 0 Å². The highest BCUT2D eigenvalue weighted by Gasteiger charge is 2.08. The molecule has 1 heteroatoms. The molecule has 0 aliphatic heterocycles. The van der Waals surface area contributed by atoms with Crippen molar-refractivity contribution in [3.05, 3.63) is 47.5 Å². The number of aryl methyl sites for hydroxylation is 2. The minimum Gasteiger partial charge on any atom is -0.324 e. The molecule has 0 amide bonds. The summed E-state index contributed by atoms with van der Waals surface area (Å²) in [5, 5.41) is 0. The summed E-state index contributed by atoms with van der Waals surface area (Å²) in [6, 6.07) is 6.74. The second-order valence-corrected chi connectivity index (χ2v) is 4.89. The predicted molar refractivity (Wildman–Crippen MR) is 76.1 cm³/mol. The lowest BCUT2D eigenvalue weighted by atomic mass is 9.96. The predicted octanol–water partition coefficient (Wildman–Crippen LogP) is 4.44. The van der Waals surface area contributed by atoms with Crippen molar-refractivity contribution in [2.45, 2.75) is 52.0 Å². The van der Waals surface area contributed by atoms with Crippen LogP contribution in [0.1, 0.15) is 54.8 Å². The fourth-order valence-electron chi connectivity index (χ4n) is 2.23. The van der Waals surface area contributed by atoms with E-state index in [1.807, 2.05) is 6.08 Å². The van der Waals surface area contributed by atoms with Crippen LogP contribution in [0.3, 0.4) is 0 Å². The van der Waals surface area contributed by atoms with E-state index >= 15 is 0 Å². The molecular formula is C16H25N. The van der Waals surface area contributed by atoms with Crippen molar-refractivity contribution in [3.63, 3.8) is 0 Å². The first kappa shape index (κ1) is 14.0. The summed E-state index contributed by atoms with van der Waals surface area (Å²) in [6.45, 7) is 8.01. The van der Waals surface area contributed by atoms with Crippen LogP contribution >= 0.6 is 0 Å². The van der Waals surface area contributed by atoms with Crippen LogP contribution in [0.15, 0.2) is 30.9 Å². The Bertz CT molecular complexity index is 355. The lowest BCUT2D eigenvalue weighted by molar-refractivity contribution is 0.570. The highest BCUT2D eigenvalue weighted by atomic mass is 14.6. The van der Waals surface area contributed by atoms with Crippen molar-refractivity contribution in [1.29, 1.82) is 0 Å². The van der Waals surface area contributed by atoms with Crippen LogP contribution in [0, 0.1) is 13.8 Å². The molecule has 1 aromatic carbocycles. The molecule has 0 heterocycles. The van der Waals surface area contributed by atoms with Crippen molar-refractivity contribution in [3.8, 4) is 0 Å². The van der Waals surface area contributed by atoms with E-state index in [-0.39, 0.29) is 6.04 Å². The molecular weight excluding hydrogens is 206 g/mol. The van der Waals surface area contributed by atoms with Crippen molar-refractivity contribution in [2.24, 2.45) is 5.73 Å². The average molecular weight is 231 g/mol. The molecule has 1 aromatic rings. The van der Waals surface area contributed by atoms with Crippen LogP contribution < -0.4 is 5.73 Å². The molecule has 17 heavy (non-hydrogen) atoms. The van der Waals surface area contributed by atoms with E-state index in [9.17, 15) is 0 Å². The van der Waals surface area contributed by atoms with E-state index in [1.165, 1.54) is 36.0 Å². The molecule has 0 saturated carbocycles. The van der Waals surface area contributed by atoms with Gasteiger partial charge in [0.05, 0.1) is 0 Å². The number of unbranched alkanes of at least 4 members (excludes halogenated alkanes) is 3. The van der Waals surface area contributed by atoms with Gasteiger partial charge < -0.3 is 5.73 Å². The fourth-order valence-corrected chi connectivity index (χ4v) is 2.23. The number of allylic oxidation sites excluding steroid dienone is 1. The standard InChI is InChI=1S/C16H25N/c1-4-5-6-7-8-9-16(17)15-11-10-13(2)12-14(15)3/h4,10-12,16H,1,5-9,17H2,2-3H3. The summed E-state index contributed by atoms with van der Waals surface area (Å²) >= 11 is 0. The Balaban J connectivity index is 2.41. The molecule has 0 saturated heterocycles. The van der Waals surface area contributed by atoms with E-state index in [4.69, 9.17) is 5.73 Å². The monoisotopic (exact) mass is 231 g/mol. The topological polar surface area (TPSA) is 26.0 Å². The van der Waals surface area contributed by atoms with Gasteiger partial charge in [-0.05, 0) is 44.2 Å². The summed E-state index contributed by atoms with van der Waals surface area (Å²) in [4.78, 5) is 0. The van der Waals surface area contributed by atoms with Crippen LogP contribution in [0.4, 0.5) is 0 Å². The molecule has 1 unspecified atom stereocenters. The Labute approximate surface area is 106 Å². The lowest BCUT2D eigenvalue weighted by Crippen LogP contribution is -2.11. The second kappa shape index (κ2) is 7.29. The normalized spacial score (nSPS) is 12.4. The second-order valence-electron chi connectivity index (χ2n) is 4.89. The molecule has 1 atom stereocenters. The SMILES string of the molecule is C=CCCCCCC(N)c1ccc(C)cc1C. The van der Waals surface area contributed by atoms with E-state index in [1.54, 1.807) is 0 Å². The van der Waals surface area contributed by atoms with Gasteiger partial charge in [0.1, 0.15) is 0 Å². The number of nitrogens with two attached hydrogens (primary N) is 1. The van der Waals surface area contributed by atoms with Gasteiger partial charge in [0, 0.05) is 6.04 Å². The Morgan fingerprint density at radius 1 is 1.24 bits per heavy atom. The number of hydrogen-bond acceptors (Lipinski definition) is 1. The van der Waals surface area contributed by atoms with Gasteiger partial charge in [-0.25, -0.2) is 0 Å². The van der Waals surface area contributed by atoms with Gasteiger partial charge in [-0.3, -0.25) is 0 Å². The molecule has 94 valence electrons. The van der Waals surface area contributed by atoms with Gasteiger partial charge in [-0.15, -0.1) is 6.58 Å². The first-order chi connectivity index (χ1) is 8.15. The quantitative estimate of drug-likeness (QED) is 0.545. The van der Waals surface area contributed by atoms with Gasteiger partial charge in [-0.2, -0.15) is 0 Å². The summed E-state index contributed by atoms with van der Waals surface area (Å²) in [5.74, 6) is 0. The third kappa shape index (κ3) is 4.74. The van der Waals surface area contributed by atoms with E-state index in [0.717, 1.165) is 12.8 Å². The Hall–Kier alpha value is -1.08. The Morgan fingerprint density at radius 2 is 2.00 bits per heavy atom. The number of benzene rings is 1. The lowest BCUT2D eigenvalue weighted by Gasteiger charge is -2.15. The zero-order valence-corrected chi connectivity index (χ0v) is 11.2. The summed E-state index contributed by atoms with van der Waals surface area (Å²) in [6.07, 6.45) is 7.90. The largest absolute Gasteiger partial charge is 0.324 e. The number of hydrogen-bond donors (Lipinski definition) is 1. The first-order valence-electron chi connectivity index (χ1n) is 6.58. The molecule has 0 aliphatic carbocycles. The fraction of sp³-hybridized carbons (Fsp3) is 0.500. The maximum Gasteiger partial charge on any atom is 0.0297 e. The van der Waals surface area contributed by atoms with Crippen molar-refractivity contribution >= 4 is 0 Å². The van der Waals surface area contributed by atoms with Crippen LogP contribution in [0.5, 0.6) is 0 Å². The smallest absolute Gasteiger partial charge is 0.0297 e. The minimum atomic E-state index is 0.194. The van der Waals surface area contributed by atoms with Crippen LogP contribution in [-0.4, -0.2) is 0 Å². The van der Waals surface area contributed by atoms with Gasteiger partial charge in [0.25, 0.3) is 0 Å². The molecule has 0 spiro atoms. The third-order valence-electron chi connectivity index (χ3n) is 3.25. The molecule has 0 fully saturated rings. The van der Waals surface area contributed by atoms with Crippen molar-refractivity contribution in [1.82, 2.24) is 0 Å². The van der Waals surface area contributed by atoms with E-state index in [2.05, 4.69) is 38.6 Å². The first-order valence-corrected chi connectivity index (χ1v) is 6.58.